The van der Waals surface area contributed by atoms with Crippen LogP contribution in [0.5, 0.6) is 5.75 Å². The van der Waals surface area contributed by atoms with E-state index in [9.17, 15) is 4.79 Å². The molecule has 112 valence electrons. The summed E-state index contributed by atoms with van der Waals surface area (Å²) in [6, 6.07) is 7.70. The minimum Gasteiger partial charge on any atom is -0.496 e. The van der Waals surface area contributed by atoms with Gasteiger partial charge < -0.3 is 14.8 Å². The third kappa shape index (κ3) is 5.43. The van der Waals surface area contributed by atoms with Crippen molar-refractivity contribution in [2.75, 3.05) is 19.5 Å². The molecular formula is C15H23NO3S. The van der Waals surface area contributed by atoms with Crippen LogP contribution in [0.15, 0.2) is 29.2 Å². The minimum absolute atomic E-state index is 0.205. The Bertz CT molecular complexity index is 423. The van der Waals surface area contributed by atoms with E-state index in [4.69, 9.17) is 9.47 Å². The van der Waals surface area contributed by atoms with Gasteiger partial charge in [-0.2, -0.15) is 0 Å². The van der Waals surface area contributed by atoms with Gasteiger partial charge in [-0.25, -0.2) is 0 Å². The van der Waals surface area contributed by atoms with E-state index in [-0.39, 0.29) is 18.1 Å². The van der Waals surface area contributed by atoms with Crippen LogP contribution in [0.25, 0.3) is 0 Å². The average molecular weight is 297 g/mol. The van der Waals surface area contributed by atoms with Crippen molar-refractivity contribution in [2.24, 2.45) is 0 Å². The van der Waals surface area contributed by atoms with E-state index < -0.39 is 0 Å². The van der Waals surface area contributed by atoms with Gasteiger partial charge >= 0.3 is 5.97 Å². The van der Waals surface area contributed by atoms with Gasteiger partial charge in [0.15, 0.2) is 0 Å². The zero-order chi connectivity index (χ0) is 15.0. The predicted octanol–water partition coefficient (Wildman–Crippen LogP) is 2.72. The largest absolute Gasteiger partial charge is 0.496 e. The van der Waals surface area contributed by atoms with Gasteiger partial charge in [0.2, 0.25) is 0 Å². The average Bonchev–Trinajstić information content (AvgIpc) is 2.43. The summed E-state index contributed by atoms with van der Waals surface area (Å²) in [6.07, 6.45) is 0. The second-order valence-corrected chi connectivity index (χ2v) is 5.65. The van der Waals surface area contributed by atoms with Crippen LogP contribution in [0.2, 0.25) is 0 Å². The minimum atomic E-state index is -0.315. The number of thioether (sulfide) groups is 1. The lowest BCUT2D eigenvalue weighted by Gasteiger charge is -2.19. The fourth-order valence-electron chi connectivity index (χ4n) is 1.74. The number of carbonyl (C=O) groups excluding carboxylic acids is 1. The molecule has 0 radical (unpaired) electrons. The van der Waals surface area contributed by atoms with Gasteiger partial charge in [-0.15, -0.1) is 11.8 Å². The number of ether oxygens (including phenoxy) is 2. The van der Waals surface area contributed by atoms with E-state index in [1.54, 1.807) is 18.9 Å². The number of nitrogens with one attached hydrogen (secondary N) is 1. The van der Waals surface area contributed by atoms with Gasteiger partial charge in [-0.05, 0) is 19.1 Å². The molecule has 0 aliphatic carbocycles. The molecule has 0 amide bonds. The number of hydrogen-bond donors (Lipinski definition) is 1. The van der Waals surface area contributed by atoms with Crippen LogP contribution in [-0.2, 0) is 9.53 Å². The molecule has 5 heteroatoms. The summed E-state index contributed by atoms with van der Waals surface area (Å²) in [5, 5.41) is 3.24. The number of para-hydroxylation sites is 1. The third-order valence-electron chi connectivity index (χ3n) is 2.58. The number of methoxy groups -OCH3 is 1. The van der Waals surface area contributed by atoms with E-state index in [2.05, 4.69) is 5.32 Å². The van der Waals surface area contributed by atoms with Gasteiger partial charge in [-0.3, -0.25) is 4.79 Å². The topological polar surface area (TPSA) is 47.6 Å². The van der Waals surface area contributed by atoms with Crippen molar-refractivity contribution in [2.45, 2.75) is 37.8 Å². The van der Waals surface area contributed by atoms with Gasteiger partial charge in [0.25, 0.3) is 0 Å². The molecule has 1 aromatic carbocycles. The smallest absolute Gasteiger partial charge is 0.324 e. The quantitative estimate of drug-likeness (QED) is 0.590. The zero-order valence-corrected chi connectivity index (χ0v) is 13.3. The van der Waals surface area contributed by atoms with Crippen molar-refractivity contribution >= 4 is 17.7 Å². The molecule has 1 unspecified atom stereocenters. The molecule has 0 aliphatic heterocycles. The van der Waals surface area contributed by atoms with Crippen LogP contribution in [0.1, 0.15) is 20.8 Å². The highest BCUT2D eigenvalue weighted by molar-refractivity contribution is 7.99. The van der Waals surface area contributed by atoms with Crippen LogP contribution < -0.4 is 10.1 Å². The van der Waals surface area contributed by atoms with Crippen LogP contribution in [0.3, 0.4) is 0 Å². The first-order valence-corrected chi connectivity index (χ1v) is 7.75. The van der Waals surface area contributed by atoms with E-state index in [0.29, 0.717) is 12.4 Å². The highest BCUT2D eigenvalue weighted by Gasteiger charge is 2.21. The summed E-state index contributed by atoms with van der Waals surface area (Å²) in [7, 11) is 1.65. The van der Waals surface area contributed by atoms with Crippen LogP contribution in [0, 0.1) is 0 Å². The Morgan fingerprint density at radius 1 is 1.35 bits per heavy atom. The zero-order valence-electron chi connectivity index (χ0n) is 12.5. The number of esters is 1. The molecule has 0 spiro atoms. The molecule has 0 heterocycles. The first kappa shape index (κ1) is 16.9. The second-order valence-electron chi connectivity index (χ2n) is 4.59. The molecule has 20 heavy (non-hydrogen) atoms. The first-order valence-electron chi connectivity index (χ1n) is 6.77. The highest BCUT2D eigenvalue weighted by atomic mass is 32.2. The Kier molecular flexibility index (Phi) is 7.47. The monoisotopic (exact) mass is 297 g/mol. The van der Waals surface area contributed by atoms with Gasteiger partial charge in [-0.1, -0.05) is 26.0 Å². The summed E-state index contributed by atoms with van der Waals surface area (Å²) in [6.45, 7) is 6.24. The predicted molar refractivity (Wildman–Crippen MR) is 82.4 cm³/mol. The molecule has 4 nitrogen and oxygen atoms in total. The lowest BCUT2D eigenvalue weighted by molar-refractivity contribution is -0.145. The molecule has 0 saturated heterocycles. The Balaban J connectivity index is 2.67. The molecule has 0 aliphatic rings. The van der Waals surface area contributed by atoms with Crippen molar-refractivity contribution < 1.29 is 14.3 Å². The summed E-state index contributed by atoms with van der Waals surface area (Å²) < 4.78 is 10.4. The number of benzene rings is 1. The number of carbonyl (C=O) groups is 1. The van der Waals surface area contributed by atoms with Crippen molar-refractivity contribution in [1.29, 1.82) is 0 Å². The molecule has 1 atom stereocenters. The Morgan fingerprint density at radius 2 is 2.05 bits per heavy atom. The Labute approximate surface area is 125 Å². The number of rotatable bonds is 8. The van der Waals surface area contributed by atoms with E-state index >= 15 is 0 Å². The molecule has 1 rings (SSSR count). The van der Waals surface area contributed by atoms with E-state index in [0.717, 1.165) is 10.6 Å². The maximum Gasteiger partial charge on any atom is 0.324 e. The van der Waals surface area contributed by atoms with Crippen molar-refractivity contribution in [3.05, 3.63) is 24.3 Å². The van der Waals surface area contributed by atoms with Gasteiger partial charge in [0, 0.05) is 16.7 Å². The Morgan fingerprint density at radius 3 is 2.65 bits per heavy atom. The van der Waals surface area contributed by atoms with Crippen molar-refractivity contribution in [1.82, 2.24) is 5.32 Å². The first-order chi connectivity index (χ1) is 9.58. The lowest BCUT2D eigenvalue weighted by atomic mass is 10.3. The molecule has 0 aromatic heterocycles. The molecule has 0 saturated carbocycles. The third-order valence-corrected chi connectivity index (χ3v) is 3.73. The molecule has 0 fully saturated rings. The molecular weight excluding hydrogens is 274 g/mol. The summed E-state index contributed by atoms with van der Waals surface area (Å²) in [4.78, 5) is 12.9. The second kappa shape index (κ2) is 8.87. The summed E-state index contributed by atoms with van der Waals surface area (Å²) in [5.74, 6) is 1.23. The maximum absolute atomic E-state index is 11.9. The van der Waals surface area contributed by atoms with Crippen LogP contribution >= 0.6 is 11.8 Å². The van der Waals surface area contributed by atoms with Crippen molar-refractivity contribution in [3.63, 3.8) is 0 Å². The summed E-state index contributed by atoms with van der Waals surface area (Å²) in [5.41, 5.74) is 0. The van der Waals surface area contributed by atoms with Gasteiger partial charge in [0.05, 0.1) is 13.7 Å². The van der Waals surface area contributed by atoms with Crippen molar-refractivity contribution in [3.8, 4) is 5.75 Å². The summed E-state index contributed by atoms with van der Waals surface area (Å²) >= 11 is 1.59. The van der Waals surface area contributed by atoms with Crippen LogP contribution in [-0.4, -0.2) is 37.5 Å². The lowest BCUT2D eigenvalue weighted by Crippen LogP contribution is -2.43. The molecule has 0 bridgehead atoms. The normalized spacial score (nSPS) is 12.2. The Hall–Kier alpha value is -1.20. The van der Waals surface area contributed by atoms with Crippen LogP contribution in [0.4, 0.5) is 0 Å². The van der Waals surface area contributed by atoms with E-state index in [1.165, 1.54) is 0 Å². The fourth-order valence-corrected chi connectivity index (χ4v) is 2.79. The molecule has 1 N–H and O–H groups in total. The highest BCUT2D eigenvalue weighted by Crippen LogP contribution is 2.29. The SMILES string of the molecule is CCOC(=O)C(CSc1ccccc1OC)NC(C)C. The maximum atomic E-state index is 11.9. The number of hydrogen-bond acceptors (Lipinski definition) is 5. The standard InChI is InChI=1S/C15H23NO3S/c1-5-19-15(17)12(16-11(2)3)10-20-14-9-7-6-8-13(14)18-4/h6-9,11-12,16H,5,10H2,1-4H3. The van der Waals surface area contributed by atoms with E-state index in [1.807, 2.05) is 45.0 Å². The molecule has 1 aromatic rings. The fraction of sp³-hybridized carbons (Fsp3) is 0.533. The van der Waals surface area contributed by atoms with Gasteiger partial charge in [0.1, 0.15) is 11.8 Å².